The highest BCUT2D eigenvalue weighted by molar-refractivity contribution is 5.77. The fourth-order valence-corrected chi connectivity index (χ4v) is 3.51. The van der Waals surface area contributed by atoms with Crippen LogP contribution in [0.3, 0.4) is 0 Å². The van der Waals surface area contributed by atoms with Crippen molar-refractivity contribution in [2.75, 3.05) is 13.2 Å². The second-order valence-electron chi connectivity index (χ2n) is 6.73. The van der Waals surface area contributed by atoms with Crippen molar-refractivity contribution in [1.82, 2.24) is 0 Å². The summed E-state index contributed by atoms with van der Waals surface area (Å²) in [6.07, 6.45) is -6.18. The zero-order valence-corrected chi connectivity index (χ0v) is 15.9. The maximum absolute atomic E-state index is 14.0. The minimum Gasteiger partial charge on any atom is -0.493 e. The van der Waals surface area contributed by atoms with Gasteiger partial charge in [-0.3, -0.25) is 0 Å². The molecule has 2 rings (SSSR count). The van der Waals surface area contributed by atoms with Gasteiger partial charge in [0, 0.05) is 23.0 Å². The number of rotatable bonds is 5. The van der Waals surface area contributed by atoms with Crippen molar-refractivity contribution in [2.24, 2.45) is 5.92 Å². The van der Waals surface area contributed by atoms with Crippen LogP contribution in [0, 0.1) is 18.7 Å². The third-order valence-corrected chi connectivity index (χ3v) is 5.21. The summed E-state index contributed by atoms with van der Waals surface area (Å²) in [5, 5.41) is 0. The molecule has 0 amide bonds. The number of halogens is 4. The van der Waals surface area contributed by atoms with Gasteiger partial charge in [0.2, 0.25) is 0 Å². The molecular formula is C19H24F4O4. The van der Waals surface area contributed by atoms with E-state index in [1.807, 2.05) is 0 Å². The molecular weight excluding hydrogens is 368 g/mol. The van der Waals surface area contributed by atoms with Crippen LogP contribution >= 0.6 is 0 Å². The lowest BCUT2D eigenvalue weighted by molar-refractivity contribution is -0.274. The summed E-state index contributed by atoms with van der Waals surface area (Å²) in [5.41, 5.74) is -2.08. The molecule has 4 atom stereocenters. The van der Waals surface area contributed by atoms with Gasteiger partial charge in [-0.1, -0.05) is 13.0 Å². The molecule has 1 saturated heterocycles. The summed E-state index contributed by atoms with van der Waals surface area (Å²) < 4.78 is 70.9. The monoisotopic (exact) mass is 392 g/mol. The number of hydrogen-bond donors (Lipinski definition) is 0. The molecule has 0 saturated carbocycles. The molecule has 4 unspecified atom stereocenters. The summed E-state index contributed by atoms with van der Waals surface area (Å²) in [6.45, 7) is 7.20. The average molecular weight is 392 g/mol. The van der Waals surface area contributed by atoms with Gasteiger partial charge in [0.05, 0.1) is 13.2 Å². The minimum absolute atomic E-state index is 0.00326. The Labute approximate surface area is 155 Å². The molecule has 152 valence electrons. The largest absolute Gasteiger partial charge is 0.493 e. The van der Waals surface area contributed by atoms with Crippen molar-refractivity contribution in [1.29, 1.82) is 0 Å². The van der Waals surface area contributed by atoms with E-state index in [4.69, 9.17) is 14.2 Å². The van der Waals surface area contributed by atoms with Gasteiger partial charge in [-0.25, -0.2) is 9.18 Å². The van der Waals surface area contributed by atoms with Gasteiger partial charge in [0.15, 0.2) is 11.7 Å². The predicted molar refractivity (Wildman–Crippen MR) is 90.2 cm³/mol. The standard InChI is InChI=1S/C19H24F4O4/c1-6-25-15-10(3)13(20)9-8-12(15)14-11(4)18(5,19(21,22)23)27-16(14)17(24)26-7-2/h8-9,11,14,16H,6-7H2,1-5H3. The molecule has 0 radical (unpaired) electrons. The van der Waals surface area contributed by atoms with Crippen LogP contribution in [-0.4, -0.2) is 37.1 Å². The van der Waals surface area contributed by atoms with Gasteiger partial charge in [0.1, 0.15) is 11.6 Å². The van der Waals surface area contributed by atoms with Gasteiger partial charge in [0.25, 0.3) is 0 Å². The molecule has 0 N–H and O–H groups in total. The number of ether oxygens (including phenoxy) is 3. The lowest BCUT2D eigenvalue weighted by Gasteiger charge is -2.32. The number of alkyl halides is 3. The average Bonchev–Trinajstić information content (AvgIpc) is 2.86. The van der Waals surface area contributed by atoms with Crippen LogP contribution in [0.2, 0.25) is 0 Å². The molecule has 1 aliphatic rings. The Morgan fingerprint density at radius 2 is 1.89 bits per heavy atom. The number of hydrogen-bond acceptors (Lipinski definition) is 4. The molecule has 27 heavy (non-hydrogen) atoms. The van der Waals surface area contributed by atoms with Crippen molar-refractivity contribution in [3.63, 3.8) is 0 Å². The van der Waals surface area contributed by atoms with Gasteiger partial charge in [-0.15, -0.1) is 0 Å². The Morgan fingerprint density at radius 1 is 1.26 bits per heavy atom. The van der Waals surface area contributed by atoms with E-state index in [9.17, 15) is 22.4 Å². The van der Waals surface area contributed by atoms with Crippen LogP contribution in [0.25, 0.3) is 0 Å². The van der Waals surface area contributed by atoms with E-state index in [-0.39, 0.29) is 24.5 Å². The third kappa shape index (κ3) is 3.63. The third-order valence-electron chi connectivity index (χ3n) is 5.21. The Hall–Kier alpha value is -1.83. The van der Waals surface area contributed by atoms with Crippen molar-refractivity contribution in [3.05, 3.63) is 29.1 Å². The Bertz CT molecular complexity index is 704. The first-order chi connectivity index (χ1) is 12.5. The molecule has 1 fully saturated rings. The molecule has 1 aromatic rings. The number of carbonyl (C=O) groups excluding carboxylic acids is 1. The van der Waals surface area contributed by atoms with Crippen LogP contribution in [0.1, 0.15) is 44.7 Å². The van der Waals surface area contributed by atoms with E-state index in [2.05, 4.69) is 0 Å². The van der Waals surface area contributed by atoms with Crippen molar-refractivity contribution < 1.29 is 36.6 Å². The molecule has 1 heterocycles. The van der Waals surface area contributed by atoms with Crippen molar-refractivity contribution in [2.45, 2.75) is 58.4 Å². The topological polar surface area (TPSA) is 44.8 Å². The summed E-state index contributed by atoms with van der Waals surface area (Å²) in [5.74, 6) is -3.42. The number of carbonyl (C=O) groups is 1. The van der Waals surface area contributed by atoms with Crippen LogP contribution in [-0.2, 0) is 14.3 Å². The van der Waals surface area contributed by atoms with Crippen LogP contribution in [0.5, 0.6) is 5.75 Å². The first kappa shape index (κ1) is 21.5. The van der Waals surface area contributed by atoms with E-state index in [0.717, 1.165) is 13.0 Å². The molecule has 1 aromatic carbocycles. The van der Waals surface area contributed by atoms with E-state index in [1.165, 1.54) is 19.9 Å². The molecule has 0 bridgehead atoms. The van der Waals surface area contributed by atoms with Gasteiger partial charge >= 0.3 is 12.1 Å². The molecule has 0 aliphatic carbocycles. The fraction of sp³-hybridized carbons (Fsp3) is 0.632. The Balaban J connectivity index is 2.64. The highest BCUT2D eigenvalue weighted by atomic mass is 19.4. The van der Waals surface area contributed by atoms with Crippen LogP contribution in [0.15, 0.2) is 12.1 Å². The second-order valence-corrected chi connectivity index (χ2v) is 6.73. The molecule has 0 spiro atoms. The number of esters is 1. The van der Waals surface area contributed by atoms with Gasteiger partial charge in [-0.05, 0) is 33.8 Å². The fourth-order valence-electron chi connectivity index (χ4n) is 3.51. The molecule has 8 heteroatoms. The van der Waals surface area contributed by atoms with Gasteiger partial charge in [-0.2, -0.15) is 13.2 Å². The predicted octanol–water partition coefficient (Wildman–Crippen LogP) is 4.54. The lowest BCUT2D eigenvalue weighted by atomic mass is 9.76. The first-order valence-corrected chi connectivity index (χ1v) is 8.82. The van der Waals surface area contributed by atoms with Gasteiger partial charge < -0.3 is 14.2 Å². The minimum atomic E-state index is -4.70. The SMILES string of the molecule is CCOC(=O)C1OC(C)(C(F)(F)F)C(C)C1c1ccc(F)c(C)c1OCC. The Morgan fingerprint density at radius 3 is 2.41 bits per heavy atom. The normalized spacial score (nSPS) is 28.3. The van der Waals surface area contributed by atoms with Crippen molar-refractivity contribution >= 4 is 5.97 Å². The molecule has 0 aromatic heterocycles. The molecule has 4 nitrogen and oxygen atoms in total. The summed E-state index contributed by atoms with van der Waals surface area (Å²) in [6, 6.07) is 2.51. The maximum Gasteiger partial charge on any atom is 0.417 e. The smallest absolute Gasteiger partial charge is 0.417 e. The highest BCUT2D eigenvalue weighted by Gasteiger charge is 2.66. The number of benzene rings is 1. The Kier molecular flexibility index (Phi) is 6.09. The summed E-state index contributed by atoms with van der Waals surface area (Å²) in [4.78, 5) is 12.4. The summed E-state index contributed by atoms with van der Waals surface area (Å²) >= 11 is 0. The quantitative estimate of drug-likeness (QED) is 0.545. The van der Waals surface area contributed by atoms with Crippen LogP contribution in [0.4, 0.5) is 17.6 Å². The highest BCUT2D eigenvalue weighted by Crippen LogP contribution is 2.55. The van der Waals surface area contributed by atoms with Crippen LogP contribution < -0.4 is 4.74 Å². The molecule has 1 aliphatic heterocycles. The maximum atomic E-state index is 14.0. The summed E-state index contributed by atoms with van der Waals surface area (Å²) in [7, 11) is 0. The van der Waals surface area contributed by atoms with E-state index in [1.54, 1.807) is 13.8 Å². The van der Waals surface area contributed by atoms with E-state index >= 15 is 0 Å². The zero-order valence-electron chi connectivity index (χ0n) is 15.9. The van der Waals surface area contributed by atoms with E-state index in [0.29, 0.717) is 5.56 Å². The second kappa shape index (κ2) is 7.66. The van der Waals surface area contributed by atoms with E-state index < -0.39 is 41.5 Å². The first-order valence-electron chi connectivity index (χ1n) is 8.82. The lowest BCUT2D eigenvalue weighted by Crippen LogP contribution is -2.47. The zero-order chi connectivity index (χ0) is 20.6. The van der Waals surface area contributed by atoms with Crippen molar-refractivity contribution in [3.8, 4) is 5.75 Å².